The number of fused-ring (bicyclic) bond motifs is 1. The maximum atomic E-state index is 12.5. The summed E-state index contributed by atoms with van der Waals surface area (Å²) in [4.78, 5) is 40.3. The number of hydrogen-bond donors (Lipinski definition) is 0. The number of rotatable bonds is 11. The van der Waals surface area contributed by atoms with Gasteiger partial charge in [0, 0.05) is 22.5 Å². The van der Waals surface area contributed by atoms with Gasteiger partial charge in [-0.1, -0.05) is 34.8 Å². The average Bonchev–Trinajstić information content (AvgIpc) is 3.63. The molecule has 2 heterocycles. The van der Waals surface area contributed by atoms with Crippen LogP contribution < -0.4 is 14.5 Å². The summed E-state index contributed by atoms with van der Waals surface area (Å²) in [6.07, 6.45) is -0.511. The Morgan fingerprint density at radius 2 is 1.51 bits per heavy atom. The van der Waals surface area contributed by atoms with E-state index in [2.05, 4.69) is 10.1 Å². The molecule has 0 amide bonds. The van der Waals surface area contributed by atoms with Gasteiger partial charge in [0.1, 0.15) is 22.7 Å². The van der Waals surface area contributed by atoms with Gasteiger partial charge in [-0.2, -0.15) is 10.1 Å². The second-order valence-corrected chi connectivity index (χ2v) is 11.8. The predicted octanol–water partition coefficient (Wildman–Crippen LogP) is 8.05. The molecule has 15 heteroatoms. The molecule has 0 spiro atoms. The monoisotopic (exact) mass is 733 g/mol. The van der Waals surface area contributed by atoms with Gasteiger partial charge in [-0.15, -0.1) is 0 Å². The molecule has 260 valence electrons. The summed E-state index contributed by atoms with van der Waals surface area (Å²) < 4.78 is 31.6. The van der Waals surface area contributed by atoms with Gasteiger partial charge in [0.15, 0.2) is 17.2 Å². The summed E-state index contributed by atoms with van der Waals surface area (Å²) >= 11 is 18.1. The topological polar surface area (TPSA) is 139 Å². The number of halogens is 3. The summed E-state index contributed by atoms with van der Waals surface area (Å²) in [5, 5.41) is 7.00. The van der Waals surface area contributed by atoms with Crippen LogP contribution in [0.5, 0.6) is 17.6 Å². The number of benzene rings is 3. The summed E-state index contributed by atoms with van der Waals surface area (Å²) in [5.41, 5.74) is 0.595. The largest absolute Gasteiger partial charge is 0.479 e. The molecule has 0 aliphatic carbocycles. The number of carbonyl (C=O) groups excluding carboxylic acids is 3. The minimum Gasteiger partial charge on any atom is -0.479 e. The maximum Gasteiger partial charge on any atom is 0.400 e. The average molecular weight is 735 g/mol. The van der Waals surface area contributed by atoms with E-state index in [4.69, 9.17) is 62.9 Å². The van der Waals surface area contributed by atoms with Gasteiger partial charge in [-0.05, 0) is 89.2 Å². The molecule has 2 atom stereocenters. The lowest BCUT2D eigenvalue weighted by atomic mass is 9.95. The number of hydrazone groups is 1. The lowest BCUT2D eigenvalue weighted by Crippen LogP contribution is -2.48. The Balaban J connectivity index is 0.000000221. The van der Waals surface area contributed by atoms with E-state index in [1.54, 1.807) is 95.3 Å². The van der Waals surface area contributed by atoms with E-state index < -0.39 is 29.6 Å². The van der Waals surface area contributed by atoms with E-state index in [1.165, 1.54) is 5.01 Å². The minimum atomic E-state index is -1.20. The number of nitrogens with zero attached hydrogens (tertiary/aromatic N) is 3. The molecular weight excluding hydrogens is 701 g/mol. The molecule has 1 aromatic heterocycles. The van der Waals surface area contributed by atoms with Crippen molar-refractivity contribution in [2.24, 2.45) is 5.10 Å². The summed E-state index contributed by atoms with van der Waals surface area (Å²) in [5.74, 6) is -0.432. The molecule has 5 rings (SSSR count). The third kappa shape index (κ3) is 9.34. The Labute approximate surface area is 297 Å². The summed E-state index contributed by atoms with van der Waals surface area (Å²) in [6.45, 7) is 9.18. The van der Waals surface area contributed by atoms with Crippen molar-refractivity contribution in [3.05, 3.63) is 75.7 Å². The first-order valence-electron chi connectivity index (χ1n) is 15.2. The second kappa shape index (κ2) is 16.7. The van der Waals surface area contributed by atoms with E-state index >= 15 is 0 Å². The van der Waals surface area contributed by atoms with Gasteiger partial charge >= 0.3 is 24.0 Å². The van der Waals surface area contributed by atoms with E-state index in [9.17, 15) is 14.4 Å². The van der Waals surface area contributed by atoms with Crippen molar-refractivity contribution in [1.29, 1.82) is 0 Å². The molecule has 0 saturated heterocycles. The highest BCUT2D eigenvalue weighted by molar-refractivity contribution is 6.39. The zero-order valence-electron chi connectivity index (χ0n) is 27.3. The first kappa shape index (κ1) is 37.3. The van der Waals surface area contributed by atoms with E-state index in [-0.39, 0.29) is 31.4 Å². The van der Waals surface area contributed by atoms with E-state index in [0.29, 0.717) is 50.0 Å². The lowest BCUT2D eigenvalue weighted by Gasteiger charge is -2.32. The van der Waals surface area contributed by atoms with Crippen LogP contribution >= 0.6 is 34.8 Å². The number of esters is 3. The zero-order valence-corrected chi connectivity index (χ0v) is 29.6. The van der Waals surface area contributed by atoms with Crippen molar-refractivity contribution in [3.8, 4) is 17.6 Å². The van der Waals surface area contributed by atoms with Crippen molar-refractivity contribution < 1.29 is 42.5 Å². The first-order valence-corrected chi connectivity index (χ1v) is 16.4. The van der Waals surface area contributed by atoms with Crippen LogP contribution in [0.25, 0.3) is 11.1 Å². The highest BCUT2D eigenvalue weighted by Gasteiger charge is 2.49. The molecule has 0 radical (unpaired) electrons. The van der Waals surface area contributed by atoms with Crippen LogP contribution in [0.15, 0.2) is 70.2 Å². The Kier molecular flexibility index (Phi) is 12.7. The standard InChI is InChI=1S/C18H16ClNO5.C16H18Cl2N2O4/c1-3-22-17(21)11(2)23-13-5-7-14(8-6-13)24-18-20-15-9-4-12(19)10-16(15)25-18;1-4-23-14(21)12-9-16(3,15(22)24-5-2)20(19-12)13-7-6-10(17)8-11(13)18/h4-11H,3H2,1-2H3;6-8H,4-5,9H2,1-3H3/t11-;/m0./s1. The SMILES string of the molecule is CCOC(=O)C1=NN(c2ccc(Cl)cc2Cl)C(C)(C(=O)OCC)C1.CCOC(=O)[C@H](C)Oc1ccc(Oc2nc3ccc(Cl)cc3o2)cc1. The predicted molar refractivity (Wildman–Crippen MR) is 185 cm³/mol. The molecule has 0 saturated carbocycles. The van der Waals surface area contributed by atoms with Crippen LogP contribution in [-0.2, 0) is 28.6 Å². The van der Waals surface area contributed by atoms with Crippen LogP contribution in [0.3, 0.4) is 0 Å². The molecule has 49 heavy (non-hydrogen) atoms. The fraction of sp³-hybridized carbons (Fsp3) is 0.324. The van der Waals surface area contributed by atoms with Crippen molar-refractivity contribution in [2.45, 2.75) is 52.7 Å². The molecule has 3 aromatic carbocycles. The molecule has 4 aromatic rings. The highest BCUT2D eigenvalue weighted by atomic mass is 35.5. The van der Waals surface area contributed by atoms with Gasteiger partial charge in [-0.3, -0.25) is 0 Å². The molecule has 1 aliphatic rings. The molecule has 0 N–H and O–H groups in total. The van der Waals surface area contributed by atoms with E-state index in [0.717, 1.165) is 0 Å². The molecule has 12 nitrogen and oxygen atoms in total. The molecular formula is C34H34Cl3N3O9. The van der Waals surface area contributed by atoms with Crippen molar-refractivity contribution in [3.63, 3.8) is 0 Å². The van der Waals surface area contributed by atoms with Gasteiger partial charge < -0.3 is 28.1 Å². The van der Waals surface area contributed by atoms with Crippen molar-refractivity contribution in [1.82, 2.24) is 4.98 Å². The quantitative estimate of drug-likeness (QED) is 0.109. The number of anilines is 1. The summed E-state index contributed by atoms with van der Waals surface area (Å²) in [6, 6.07) is 16.7. The Morgan fingerprint density at radius 3 is 2.16 bits per heavy atom. The summed E-state index contributed by atoms with van der Waals surface area (Å²) in [7, 11) is 0. The van der Waals surface area contributed by atoms with Crippen molar-refractivity contribution in [2.75, 3.05) is 24.8 Å². The van der Waals surface area contributed by atoms with Gasteiger partial charge in [0.2, 0.25) is 0 Å². The normalized spacial score (nSPS) is 15.8. The minimum absolute atomic E-state index is 0.0591. The van der Waals surface area contributed by atoms with Crippen LogP contribution in [0.2, 0.25) is 15.1 Å². The molecule has 1 unspecified atom stereocenters. The Hall–Kier alpha value is -4.52. The number of aromatic nitrogens is 1. The van der Waals surface area contributed by atoms with Crippen LogP contribution in [-0.4, -0.2) is 60.1 Å². The fourth-order valence-corrected chi connectivity index (χ4v) is 5.18. The Morgan fingerprint density at radius 1 is 0.878 bits per heavy atom. The molecule has 0 fully saturated rings. The number of hydrogen-bond acceptors (Lipinski definition) is 12. The molecule has 0 bridgehead atoms. The van der Waals surface area contributed by atoms with Gasteiger partial charge in [-0.25, -0.2) is 19.4 Å². The van der Waals surface area contributed by atoms with Crippen LogP contribution in [0, 0.1) is 0 Å². The lowest BCUT2D eigenvalue weighted by molar-refractivity contribution is -0.150. The van der Waals surface area contributed by atoms with Crippen molar-refractivity contribution >= 4 is 75.2 Å². The second-order valence-electron chi connectivity index (χ2n) is 10.5. The Bertz CT molecular complexity index is 1830. The van der Waals surface area contributed by atoms with Gasteiger partial charge in [0.05, 0.1) is 30.5 Å². The van der Waals surface area contributed by atoms with Crippen LogP contribution in [0.1, 0.15) is 41.0 Å². The zero-order chi connectivity index (χ0) is 35.7. The number of oxazole rings is 1. The third-order valence-electron chi connectivity index (χ3n) is 6.86. The number of ether oxygens (including phenoxy) is 5. The highest BCUT2D eigenvalue weighted by Crippen LogP contribution is 2.39. The smallest absolute Gasteiger partial charge is 0.400 e. The number of carbonyl (C=O) groups is 3. The molecule has 1 aliphatic heterocycles. The fourth-order valence-electron chi connectivity index (χ4n) is 4.53. The first-order chi connectivity index (χ1) is 23.4. The third-order valence-corrected chi connectivity index (χ3v) is 7.63. The van der Waals surface area contributed by atoms with E-state index in [1.807, 2.05) is 0 Å². The van der Waals surface area contributed by atoms with Gasteiger partial charge in [0.25, 0.3) is 0 Å². The van der Waals surface area contributed by atoms with Crippen LogP contribution in [0.4, 0.5) is 5.69 Å². The maximum absolute atomic E-state index is 12.5.